The van der Waals surface area contributed by atoms with Crippen molar-refractivity contribution in [3.63, 3.8) is 0 Å². The Bertz CT molecular complexity index is 1320. The molecular weight excluding hydrogens is 478 g/mol. The number of hydrogen-bond donors (Lipinski definition) is 2. The first-order valence-corrected chi connectivity index (χ1v) is 12.7. The largest absolute Gasteiger partial charge is 0.496 e. The number of para-hydroxylation sites is 1. The lowest BCUT2D eigenvalue weighted by Gasteiger charge is -2.11. The first-order chi connectivity index (χ1) is 16.9. The van der Waals surface area contributed by atoms with Crippen molar-refractivity contribution in [2.75, 3.05) is 17.7 Å². The fourth-order valence-corrected chi connectivity index (χ4v) is 4.88. The second-order valence-electron chi connectivity index (χ2n) is 7.83. The van der Waals surface area contributed by atoms with Crippen LogP contribution in [0.15, 0.2) is 83.1 Å². The van der Waals surface area contributed by atoms with Crippen LogP contribution in [0.4, 0.5) is 10.8 Å². The van der Waals surface area contributed by atoms with E-state index in [9.17, 15) is 9.59 Å². The maximum atomic E-state index is 12.7. The van der Waals surface area contributed by atoms with Crippen LogP contribution in [0.25, 0.3) is 11.3 Å². The molecule has 4 aromatic rings. The molecule has 1 aromatic heterocycles. The van der Waals surface area contributed by atoms with Crippen LogP contribution in [0.3, 0.4) is 0 Å². The number of carbonyl (C=O) groups is 2. The molecule has 0 aliphatic rings. The Morgan fingerprint density at radius 1 is 0.971 bits per heavy atom. The number of anilines is 2. The smallest absolute Gasteiger partial charge is 0.255 e. The van der Waals surface area contributed by atoms with E-state index in [1.807, 2.05) is 79.9 Å². The van der Waals surface area contributed by atoms with Gasteiger partial charge in [-0.05, 0) is 62.4 Å². The monoisotopic (exact) mass is 503 g/mol. The predicted molar refractivity (Wildman–Crippen MR) is 144 cm³/mol. The molecule has 2 amide bonds. The van der Waals surface area contributed by atoms with Gasteiger partial charge in [-0.25, -0.2) is 4.98 Å². The molecule has 0 spiro atoms. The van der Waals surface area contributed by atoms with Crippen LogP contribution in [0.1, 0.15) is 22.8 Å². The van der Waals surface area contributed by atoms with E-state index in [2.05, 4.69) is 15.6 Å². The van der Waals surface area contributed by atoms with Gasteiger partial charge < -0.3 is 15.4 Å². The fourth-order valence-electron chi connectivity index (χ4n) is 3.30. The Morgan fingerprint density at radius 2 is 1.69 bits per heavy atom. The maximum absolute atomic E-state index is 12.7. The summed E-state index contributed by atoms with van der Waals surface area (Å²) in [6.45, 7) is 3.83. The summed E-state index contributed by atoms with van der Waals surface area (Å²) in [5, 5.41) is 7.90. The molecule has 178 valence electrons. The van der Waals surface area contributed by atoms with Gasteiger partial charge in [0.25, 0.3) is 5.91 Å². The average Bonchev–Trinajstić information content (AvgIpc) is 3.33. The van der Waals surface area contributed by atoms with E-state index in [4.69, 9.17) is 4.74 Å². The third kappa shape index (κ3) is 6.29. The molecule has 1 unspecified atom stereocenters. The third-order valence-corrected chi connectivity index (χ3v) is 7.09. The van der Waals surface area contributed by atoms with Gasteiger partial charge in [-0.15, -0.1) is 23.1 Å². The number of nitrogens with one attached hydrogen (secondary N) is 2. The molecule has 35 heavy (non-hydrogen) atoms. The normalized spacial score (nSPS) is 11.5. The molecule has 0 bridgehead atoms. The Hall–Kier alpha value is -3.62. The van der Waals surface area contributed by atoms with E-state index in [1.54, 1.807) is 19.2 Å². The van der Waals surface area contributed by atoms with Gasteiger partial charge in [-0.2, -0.15) is 0 Å². The minimum absolute atomic E-state index is 0.132. The highest BCUT2D eigenvalue weighted by Gasteiger charge is 2.17. The van der Waals surface area contributed by atoms with Crippen LogP contribution in [0.2, 0.25) is 0 Å². The zero-order chi connectivity index (χ0) is 24.8. The number of rotatable bonds is 8. The highest BCUT2D eigenvalue weighted by molar-refractivity contribution is 8.00. The second kappa shape index (κ2) is 11.2. The molecule has 4 rings (SSSR count). The SMILES string of the molecule is COc1ccccc1-c1csc(NC(=O)C(C)Sc2ccc(NC(=O)c3ccc(C)cc3)cc2)n1. The van der Waals surface area contributed by atoms with Gasteiger partial charge >= 0.3 is 0 Å². The van der Waals surface area contributed by atoms with E-state index in [-0.39, 0.29) is 17.1 Å². The number of hydrogen-bond acceptors (Lipinski definition) is 6. The lowest BCUT2D eigenvalue weighted by atomic mass is 10.1. The number of nitrogens with zero attached hydrogens (tertiary/aromatic N) is 1. The number of aromatic nitrogens is 1. The molecule has 1 heterocycles. The number of carbonyl (C=O) groups excluding carboxylic acids is 2. The number of amides is 2. The standard InChI is InChI=1S/C27H25N3O3S2/c1-17-8-10-19(11-9-17)26(32)28-20-12-14-21(15-13-20)35-18(2)25(31)30-27-29-23(16-34-27)22-6-4-5-7-24(22)33-3/h4-16,18H,1-3H3,(H,28,32)(H,29,30,31). The first-order valence-electron chi connectivity index (χ1n) is 11.0. The minimum Gasteiger partial charge on any atom is -0.496 e. The lowest BCUT2D eigenvalue weighted by Crippen LogP contribution is -2.22. The quantitative estimate of drug-likeness (QED) is 0.268. The number of benzene rings is 3. The van der Waals surface area contributed by atoms with Crippen LogP contribution < -0.4 is 15.4 Å². The van der Waals surface area contributed by atoms with Gasteiger partial charge in [0.1, 0.15) is 5.75 Å². The van der Waals surface area contributed by atoms with Crippen molar-refractivity contribution in [1.29, 1.82) is 0 Å². The number of ether oxygens (including phenoxy) is 1. The summed E-state index contributed by atoms with van der Waals surface area (Å²) in [5.74, 6) is 0.444. The zero-order valence-electron chi connectivity index (χ0n) is 19.6. The van der Waals surface area contributed by atoms with Gasteiger partial charge in [0.2, 0.25) is 5.91 Å². The van der Waals surface area contributed by atoms with Crippen LogP contribution >= 0.6 is 23.1 Å². The molecule has 6 nitrogen and oxygen atoms in total. The molecule has 1 atom stereocenters. The molecule has 2 N–H and O–H groups in total. The number of thiazole rings is 1. The minimum atomic E-state index is -0.332. The number of aryl methyl sites for hydroxylation is 1. The van der Waals surface area contributed by atoms with Crippen molar-refractivity contribution in [2.45, 2.75) is 24.0 Å². The third-order valence-electron chi connectivity index (χ3n) is 5.23. The van der Waals surface area contributed by atoms with Crippen LogP contribution in [-0.4, -0.2) is 29.2 Å². The molecule has 0 saturated carbocycles. The van der Waals surface area contributed by atoms with Crippen molar-refractivity contribution in [1.82, 2.24) is 4.98 Å². The zero-order valence-corrected chi connectivity index (χ0v) is 21.2. The summed E-state index contributed by atoms with van der Waals surface area (Å²) < 4.78 is 5.40. The van der Waals surface area contributed by atoms with Gasteiger partial charge in [0.15, 0.2) is 5.13 Å². The van der Waals surface area contributed by atoms with Crippen LogP contribution in [0, 0.1) is 6.92 Å². The molecular formula is C27H25N3O3S2. The molecule has 0 aliphatic carbocycles. The Balaban J connectivity index is 1.33. The van der Waals surface area contributed by atoms with E-state index >= 15 is 0 Å². The number of methoxy groups -OCH3 is 1. The van der Waals surface area contributed by atoms with E-state index in [1.165, 1.54) is 23.1 Å². The van der Waals surface area contributed by atoms with Gasteiger partial charge in [0.05, 0.1) is 18.1 Å². The molecule has 0 radical (unpaired) electrons. The van der Waals surface area contributed by atoms with Gasteiger partial charge in [-0.3, -0.25) is 9.59 Å². The van der Waals surface area contributed by atoms with Crippen molar-refractivity contribution in [3.8, 4) is 17.0 Å². The molecule has 0 aliphatic heterocycles. The average molecular weight is 504 g/mol. The van der Waals surface area contributed by atoms with E-state index in [0.717, 1.165) is 27.5 Å². The van der Waals surface area contributed by atoms with Crippen LogP contribution in [0.5, 0.6) is 5.75 Å². The van der Waals surface area contributed by atoms with Gasteiger partial charge in [0, 0.05) is 27.1 Å². The Kier molecular flexibility index (Phi) is 7.84. The highest BCUT2D eigenvalue weighted by atomic mass is 32.2. The van der Waals surface area contributed by atoms with E-state index < -0.39 is 0 Å². The van der Waals surface area contributed by atoms with E-state index in [0.29, 0.717) is 16.4 Å². The molecule has 3 aromatic carbocycles. The maximum Gasteiger partial charge on any atom is 0.255 e. The van der Waals surface area contributed by atoms with Crippen molar-refractivity contribution < 1.29 is 14.3 Å². The lowest BCUT2D eigenvalue weighted by molar-refractivity contribution is -0.115. The second-order valence-corrected chi connectivity index (χ2v) is 10.1. The Labute approximate surface area is 212 Å². The summed E-state index contributed by atoms with van der Waals surface area (Å²) in [7, 11) is 1.62. The van der Waals surface area contributed by atoms with Crippen molar-refractivity contribution in [2.24, 2.45) is 0 Å². The topological polar surface area (TPSA) is 80.3 Å². The summed E-state index contributed by atoms with van der Waals surface area (Å²) in [4.78, 5) is 30.6. The summed E-state index contributed by atoms with van der Waals surface area (Å²) in [5.41, 5.74) is 4.04. The van der Waals surface area contributed by atoms with Crippen molar-refractivity contribution in [3.05, 3.63) is 89.3 Å². The fraction of sp³-hybridized carbons (Fsp3) is 0.148. The predicted octanol–water partition coefficient (Wildman–Crippen LogP) is 6.50. The summed E-state index contributed by atoms with van der Waals surface area (Å²) in [6, 6.07) is 22.5. The summed E-state index contributed by atoms with van der Waals surface area (Å²) in [6.07, 6.45) is 0. The molecule has 0 fully saturated rings. The van der Waals surface area contributed by atoms with Crippen molar-refractivity contribution >= 4 is 45.7 Å². The first kappa shape index (κ1) is 24.5. The Morgan fingerprint density at radius 3 is 2.40 bits per heavy atom. The molecule has 8 heteroatoms. The highest BCUT2D eigenvalue weighted by Crippen LogP contribution is 2.32. The van der Waals surface area contributed by atoms with Gasteiger partial charge in [-0.1, -0.05) is 29.8 Å². The summed E-state index contributed by atoms with van der Waals surface area (Å²) >= 11 is 2.81. The molecule has 0 saturated heterocycles. The van der Waals surface area contributed by atoms with Crippen LogP contribution in [-0.2, 0) is 4.79 Å². The number of thioether (sulfide) groups is 1.